The molecule has 3 N–H and O–H groups in total. The van der Waals surface area contributed by atoms with E-state index in [1.807, 2.05) is 67.6 Å². The standard InChI is InChI=1S/C38H32ClN3O4S/c1-25-20-21-29(39)23-32(25)41-38(45)35(26-12-5-3-6-13-26)47-31-18-11-17-30(24-31)40-37(44)33(22-28-16-9-10-19-34(28)46-2)42-36(43)27-14-7-4-8-15-27/h3-24,35H,1-2H3,(H,40,44)(H,41,45)(H,42,43)/b33-22+. The molecule has 0 aliphatic rings. The van der Waals surface area contributed by atoms with Gasteiger partial charge in [-0.3, -0.25) is 14.4 Å². The molecule has 7 nitrogen and oxygen atoms in total. The summed E-state index contributed by atoms with van der Waals surface area (Å²) in [6.07, 6.45) is 1.57. The molecule has 1 atom stereocenters. The molecule has 5 aromatic carbocycles. The van der Waals surface area contributed by atoms with Crippen LogP contribution in [0.2, 0.25) is 5.02 Å². The van der Waals surface area contributed by atoms with E-state index in [0.29, 0.717) is 33.3 Å². The number of carbonyl (C=O) groups is 3. The molecule has 0 spiro atoms. The van der Waals surface area contributed by atoms with Crippen LogP contribution in [-0.4, -0.2) is 24.8 Å². The molecule has 0 radical (unpaired) electrons. The van der Waals surface area contributed by atoms with Crippen LogP contribution >= 0.6 is 23.4 Å². The van der Waals surface area contributed by atoms with E-state index in [2.05, 4.69) is 16.0 Å². The Morgan fingerprint density at radius 3 is 2.23 bits per heavy atom. The molecule has 47 heavy (non-hydrogen) atoms. The van der Waals surface area contributed by atoms with E-state index in [0.717, 1.165) is 16.0 Å². The lowest BCUT2D eigenvalue weighted by Crippen LogP contribution is -2.30. The van der Waals surface area contributed by atoms with Gasteiger partial charge in [-0.05, 0) is 72.7 Å². The maximum absolute atomic E-state index is 13.7. The van der Waals surface area contributed by atoms with E-state index < -0.39 is 17.1 Å². The fraction of sp³-hybridized carbons (Fsp3) is 0.0789. The number of thioether (sulfide) groups is 1. The molecule has 1 unspecified atom stereocenters. The van der Waals surface area contributed by atoms with E-state index >= 15 is 0 Å². The number of amides is 3. The van der Waals surface area contributed by atoms with Crippen molar-refractivity contribution in [1.82, 2.24) is 5.32 Å². The highest BCUT2D eigenvalue weighted by Crippen LogP contribution is 2.37. The Morgan fingerprint density at radius 2 is 1.49 bits per heavy atom. The van der Waals surface area contributed by atoms with Crippen LogP contribution in [0, 0.1) is 6.92 Å². The van der Waals surface area contributed by atoms with Gasteiger partial charge in [0.1, 0.15) is 16.7 Å². The molecule has 3 amide bonds. The number of carbonyl (C=O) groups excluding carboxylic acids is 3. The highest BCUT2D eigenvalue weighted by Gasteiger charge is 2.23. The minimum atomic E-state index is -0.605. The molecule has 0 fully saturated rings. The van der Waals surface area contributed by atoms with Gasteiger partial charge in [0.25, 0.3) is 11.8 Å². The predicted octanol–water partition coefficient (Wildman–Crippen LogP) is 8.54. The zero-order valence-electron chi connectivity index (χ0n) is 25.7. The van der Waals surface area contributed by atoms with E-state index in [1.54, 1.807) is 72.8 Å². The fourth-order valence-electron chi connectivity index (χ4n) is 4.69. The van der Waals surface area contributed by atoms with Gasteiger partial charge in [0.05, 0.1) is 7.11 Å². The van der Waals surface area contributed by atoms with Crippen molar-refractivity contribution in [1.29, 1.82) is 0 Å². The Morgan fingerprint density at radius 1 is 0.787 bits per heavy atom. The van der Waals surface area contributed by atoms with Crippen LogP contribution < -0.4 is 20.7 Å². The third kappa shape index (κ3) is 8.91. The Hall–Kier alpha value is -5.31. The summed E-state index contributed by atoms with van der Waals surface area (Å²) in [5.74, 6) is -0.635. The molecule has 0 aromatic heterocycles. The molecule has 0 heterocycles. The summed E-state index contributed by atoms with van der Waals surface area (Å²) < 4.78 is 5.46. The number of benzene rings is 5. The highest BCUT2D eigenvalue weighted by atomic mass is 35.5. The van der Waals surface area contributed by atoms with Crippen LogP contribution in [0.1, 0.15) is 32.3 Å². The van der Waals surface area contributed by atoms with Gasteiger partial charge in [-0.15, -0.1) is 11.8 Å². The SMILES string of the molecule is COc1ccccc1/C=C(/NC(=O)c1ccccc1)C(=O)Nc1cccc(SC(C(=O)Nc2cc(Cl)ccc2C)c2ccccc2)c1. The molecule has 0 bridgehead atoms. The summed E-state index contributed by atoms with van der Waals surface area (Å²) in [5.41, 5.74) is 3.87. The largest absolute Gasteiger partial charge is 0.496 e. The van der Waals surface area contributed by atoms with Gasteiger partial charge in [0.15, 0.2) is 0 Å². The van der Waals surface area contributed by atoms with Crippen molar-refractivity contribution in [3.05, 3.63) is 160 Å². The maximum atomic E-state index is 13.7. The number of methoxy groups -OCH3 is 1. The zero-order valence-corrected chi connectivity index (χ0v) is 27.3. The number of rotatable bonds is 11. The van der Waals surface area contributed by atoms with Gasteiger partial charge in [0.2, 0.25) is 5.91 Å². The zero-order chi connectivity index (χ0) is 33.2. The van der Waals surface area contributed by atoms with Crippen LogP contribution in [0.4, 0.5) is 11.4 Å². The molecule has 0 aliphatic carbocycles. The van der Waals surface area contributed by atoms with Crippen molar-refractivity contribution in [3.63, 3.8) is 0 Å². The molecule has 236 valence electrons. The Labute approximate surface area is 283 Å². The van der Waals surface area contributed by atoms with Gasteiger partial charge >= 0.3 is 0 Å². The second kappa shape index (κ2) is 15.8. The van der Waals surface area contributed by atoms with Crippen LogP contribution in [0.25, 0.3) is 6.08 Å². The van der Waals surface area contributed by atoms with Gasteiger partial charge in [-0.2, -0.15) is 0 Å². The molecule has 5 aromatic rings. The molecule has 0 aliphatic heterocycles. The second-order valence-corrected chi connectivity index (χ2v) is 12.1. The van der Waals surface area contributed by atoms with Crippen molar-refractivity contribution in [2.24, 2.45) is 0 Å². The van der Waals surface area contributed by atoms with E-state index in [1.165, 1.54) is 18.9 Å². The topological polar surface area (TPSA) is 96.5 Å². The fourth-order valence-corrected chi connectivity index (χ4v) is 5.95. The number of hydrogen-bond donors (Lipinski definition) is 3. The van der Waals surface area contributed by atoms with Crippen LogP contribution in [0.15, 0.2) is 138 Å². The lowest BCUT2D eigenvalue weighted by Gasteiger charge is -2.19. The first-order valence-electron chi connectivity index (χ1n) is 14.7. The maximum Gasteiger partial charge on any atom is 0.272 e. The molecular weight excluding hydrogens is 630 g/mol. The van der Waals surface area contributed by atoms with Gasteiger partial charge in [0, 0.05) is 32.4 Å². The van der Waals surface area contributed by atoms with Crippen molar-refractivity contribution >= 4 is 58.5 Å². The smallest absolute Gasteiger partial charge is 0.272 e. The van der Waals surface area contributed by atoms with Crippen LogP contribution in [0.5, 0.6) is 5.75 Å². The number of hydrogen-bond acceptors (Lipinski definition) is 5. The average Bonchev–Trinajstić information content (AvgIpc) is 3.09. The summed E-state index contributed by atoms with van der Waals surface area (Å²) in [4.78, 5) is 41.2. The van der Waals surface area contributed by atoms with E-state index in [4.69, 9.17) is 16.3 Å². The number of nitrogens with one attached hydrogen (secondary N) is 3. The first-order chi connectivity index (χ1) is 22.8. The summed E-state index contributed by atoms with van der Waals surface area (Å²) in [6, 6.07) is 37.9. The van der Waals surface area contributed by atoms with Gasteiger partial charge < -0.3 is 20.7 Å². The van der Waals surface area contributed by atoms with Crippen LogP contribution in [0.3, 0.4) is 0 Å². The lowest BCUT2D eigenvalue weighted by atomic mass is 10.1. The van der Waals surface area contributed by atoms with Crippen LogP contribution in [-0.2, 0) is 9.59 Å². The second-order valence-electron chi connectivity index (χ2n) is 10.5. The normalized spacial score (nSPS) is 11.7. The number of aryl methyl sites for hydroxylation is 1. The summed E-state index contributed by atoms with van der Waals surface area (Å²) >= 11 is 7.55. The van der Waals surface area contributed by atoms with Crippen molar-refractivity contribution in [2.75, 3.05) is 17.7 Å². The first kappa shape index (κ1) is 33.1. The van der Waals surface area contributed by atoms with E-state index in [-0.39, 0.29) is 11.6 Å². The van der Waals surface area contributed by atoms with Gasteiger partial charge in [-0.25, -0.2) is 0 Å². The molecular formula is C38H32ClN3O4S. The van der Waals surface area contributed by atoms with Crippen molar-refractivity contribution < 1.29 is 19.1 Å². The summed E-state index contributed by atoms with van der Waals surface area (Å²) in [6.45, 7) is 1.90. The monoisotopic (exact) mass is 661 g/mol. The predicted molar refractivity (Wildman–Crippen MR) is 190 cm³/mol. The third-order valence-electron chi connectivity index (χ3n) is 7.11. The quantitative estimate of drug-likeness (QED) is 0.0974. The molecule has 0 saturated heterocycles. The molecule has 9 heteroatoms. The summed E-state index contributed by atoms with van der Waals surface area (Å²) in [7, 11) is 1.54. The summed E-state index contributed by atoms with van der Waals surface area (Å²) in [5, 5.41) is 8.60. The number of para-hydroxylation sites is 1. The van der Waals surface area contributed by atoms with E-state index in [9.17, 15) is 14.4 Å². The van der Waals surface area contributed by atoms with Crippen molar-refractivity contribution in [2.45, 2.75) is 17.1 Å². The number of halogens is 1. The molecule has 0 saturated carbocycles. The number of ether oxygens (including phenoxy) is 1. The highest BCUT2D eigenvalue weighted by molar-refractivity contribution is 8.00. The minimum Gasteiger partial charge on any atom is -0.496 e. The Balaban J connectivity index is 1.40. The first-order valence-corrected chi connectivity index (χ1v) is 16.0. The Kier molecular flexibility index (Phi) is 11.1. The molecule has 5 rings (SSSR count). The number of anilines is 2. The van der Waals surface area contributed by atoms with Crippen molar-refractivity contribution in [3.8, 4) is 5.75 Å². The minimum absolute atomic E-state index is 0.0276. The third-order valence-corrected chi connectivity index (χ3v) is 8.59. The van der Waals surface area contributed by atoms with Gasteiger partial charge in [-0.1, -0.05) is 90.5 Å². The average molecular weight is 662 g/mol. The lowest BCUT2D eigenvalue weighted by molar-refractivity contribution is -0.116. The Bertz CT molecular complexity index is 1920.